The summed E-state index contributed by atoms with van der Waals surface area (Å²) in [6.45, 7) is 0. The van der Waals surface area contributed by atoms with Crippen molar-refractivity contribution in [3.05, 3.63) is 29.0 Å². The number of anilines is 1. The maximum atomic E-state index is 6.08. The number of nitrogen functional groups attached to an aromatic ring is 1. The first-order valence-corrected chi connectivity index (χ1v) is 8.10. The highest BCUT2D eigenvalue weighted by Crippen LogP contribution is 2.47. The third-order valence-electron chi connectivity index (χ3n) is 3.76. The van der Waals surface area contributed by atoms with Crippen LogP contribution in [0.25, 0.3) is 0 Å². The van der Waals surface area contributed by atoms with Gasteiger partial charge in [-0.15, -0.1) is 10.2 Å². The highest BCUT2D eigenvalue weighted by molar-refractivity contribution is 7.99. The molecule has 0 amide bonds. The van der Waals surface area contributed by atoms with Crippen molar-refractivity contribution in [2.75, 3.05) is 5.73 Å². The van der Waals surface area contributed by atoms with Gasteiger partial charge in [0, 0.05) is 16.9 Å². The van der Waals surface area contributed by atoms with Gasteiger partial charge in [-0.05, 0) is 49.6 Å². The van der Waals surface area contributed by atoms with Crippen molar-refractivity contribution in [1.82, 2.24) is 14.8 Å². The third kappa shape index (κ3) is 2.19. The molecule has 2 saturated carbocycles. The highest BCUT2D eigenvalue weighted by atomic mass is 35.5. The molecule has 20 heavy (non-hydrogen) atoms. The SMILES string of the molecule is Nc1c(Cl)cccc1Sc1nnc(C2CC2)n1C1CC1. The topological polar surface area (TPSA) is 56.7 Å². The van der Waals surface area contributed by atoms with Crippen LogP contribution in [-0.2, 0) is 0 Å². The van der Waals surface area contributed by atoms with Gasteiger partial charge in [0.2, 0.25) is 0 Å². The fourth-order valence-electron chi connectivity index (χ4n) is 2.36. The molecule has 2 aromatic rings. The normalized spacial score (nSPS) is 18.4. The number of halogens is 1. The van der Waals surface area contributed by atoms with Crippen LogP contribution in [0.4, 0.5) is 5.69 Å². The van der Waals surface area contributed by atoms with E-state index < -0.39 is 0 Å². The largest absolute Gasteiger partial charge is 0.397 e. The number of aromatic nitrogens is 3. The molecule has 104 valence electrons. The molecular formula is C14H15ClN4S. The fourth-order valence-corrected chi connectivity index (χ4v) is 3.57. The molecule has 0 saturated heterocycles. The minimum Gasteiger partial charge on any atom is -0.397 e. The quantitative estimate of drug-likeness (QED) is 0.871. The summed E-state index contributed by atoms with van der Waals surface area (Å²) >= 11 is 7.65. The summed E-state index contributed by atoms with van der Waals surface area (Å²) in [5.41, 5.74) is 6.66. The molecule has 4 nitrogen and oxygen atoms in total. The van der Waals surface area contributed by atoms with Crippen molar-refractivity contribution >= 4 is 29.1 Å². The maximum absolute atomic E-state index is 6.08. The van der Waals surface area contributed by atoms with Crippen LogP contribution in [-0.4, -0.2) is 14.8 Å². The van der Waals surface area contributed by atoms with Crippen LogP contribution in [0.3, 0.4) is 0 Å². The standard InChI is InChI=1S/C14H15ClN4S/c15-10-2-1-3-11(12(10)16)20-14-18-17-13(8-4-5-8)19(14)9-6-7-9/h1-3,8-9H,4-7,16H2. The zero-order valence-corrected chi connectivity index (χ0v) is 12.5. The van der Waals surface area contributed by atoms with E-state index >= 15 is 0 Å². The molecule has 0 unspecified atom stereocenters. The molecular weight excluding hydrogens is 292 g/mol. The molecule has 0 radical (unpaired) electrons. The van der Waals surface area contributed by atoms with E-state index in [4.69, 9.17) is 17.3 Å². The van der Waals surface area contributed by atoms with Crippen molar-refractivity contribution < 1.29 is 0 Å². The molecule has 6 heteroatoms. The second kappa shape index (κ2) is 4.67. The van der Waals surface area contributed by atoms with Gasteiger partial charge in [0.05, 0.1) is 10.7 Å². The molecule has 0 spiro atoms. The fraction of sp³-hybridized carbons (Fsp3) is 0.429. The number of rotatable bonds is 4. The van der Waals surface area contributed by atoms with Gasteiger partial charge < -0.3 is 10.3 Å². The van der Waals surface area contributed by atoms with Gasteiger partial charge in [-0.1, -0.05) is 17.7 Å². The lowest BCUT2D eigenvalue weighted by Gasteiger charge is -2.09. The Hall–Kier alpha value is -1.20. The number of benzene rings is 1. The summed E-state index contributed by atoms with van der Waals surface area (Å²) in [5, 5.41) is 10.3. The number of nitrogens with zero attached hydrogens (tertiary/aromatic N) is 3. The maximum Gasteiger partial charge on any atom is 0.196 e. The minimum atomic E-state index is 0.587. The molecule has 0 atom stereocenters. The monoisotopic (exact) mass is 306 g/mol. The molecule has 2 aliphatic carbocycles. The Morgan fingerprint density at radius 2 is 2.00 bits per heavy atom. The van der Waals surface area contributed by atoms with Crippen LogP contribution in [0.5, 0.6) is 0 Å². The van der Waals surface area contributed by atoms with Crippen LogP contribution in [0.1, 0.15) is 43.5 Å². The van der Waals surface area contributed by atoms with Gasteiger partial charge in [0.1, 0.15) is 5.82 Å². The molecule has 4 rings (SSSR count). The lowest BCUT2D eigenvalue weighted by atomic mass is 10.3. The van der Waals surface area contributed by atoms with Gasteiger partial charge in [0.25, 0.3) is 0 Å². The summed E-state index contributed by atoms with van der Waals surface area (Å²) in [6, 6.07) is 6.29. The van der Waals surface area contributed by atoms with E-state index in [0.29, 0.717) is 22.7 Å². The Kier molecular flexibility index (Phi) is 2.93. The van der Waals surface area contributed by atoms with E-state index in [2.05, 4.69) is 14.8 Å². The van der Waals surface area contributed by atoms with E-state index in [1.807, 2.05) is 18.2 Å². The minimum absolute atomic E-state index is 0.587. The summed E-state index contributed by atoms with van der Waals surface area (Å²) in [4.78, 5) is 0.953. The van der Waals surface area contributed by atoms with Gasteiger partial charge >= 0.3 is 0 Å². The molecule has 0 aliphatic heterocycles. The van der Waals surface area contributed by atoms with E-state index in [1.54, 1.807) is 11.8 Å². The van der Waals surface area contributed by atoms with Gasteiger partial charge in [-0.2, -0.15) is 0 Å². The number of hydrogen-bond acceptors (Lipinski definition) is 4. The smallest absolute Gasteiger partial charge is 0.196 e. The number of hydrogen-bond donors (Lipinski definition) is 1. The van der Waals surface area contributed by atoms with Crippen LogP contribution in [0, 0.1) is 0 Å². The van der Waals surface area contributed by atoms with E-state index in [0.717, 1.165) is 15.9 Å². The van der Waals surface area contributed by atoms with Crippen molar-refractivity contribution in [3.63, 3.8) is 0 Å². The van der Waals surface area contributed by atoms with Crippen molar-refractivity contribution in [1.29, 1.82) is 0 Å². The summed E-state index contributed by atoms with van der Waals surface area (Å²) in [5.74, 6) is 1.78. The Bertz CT molecular complexity index is 661. The highest BCUT2D eigenvalue weighted by Gasteiger charge is 2.36. The summed E-state index contributed by atoms with van der Waals surface area (Å²) < 4.78 is 2.32. The number of para-hydroxylation sites is 1. The second-order valence-electron chi connectivity index (χ2n) is 5.47. The molecule has 0 bridgehead atoms. The van der Waals surface area contributed by atoms with E-state index in [9.17, 15) is 0 Å². The van der Waals surface area contributed by atoms with Gasteiger partial charge in [-0.3, -0.25) is 0 Å². The predicted octanol–water partition coefficient (Wildman–Crippen LogP) is 3.88. The van der Waals surface area contributed by atoms with E-state index in [-0.39, 0.29) is 0 Å². The van der Waals surface area contributed by atoms with Crippen molar-refractivity contribution in [2.24, 2.45) is 0 Å². The first kappa shape index (κ1) is 12.5. The first-order valence-electron chi connectivity index (χ1n) is 6.90. The Morgan fingerprint density at radius 3 is 2.70 bits per heavy atom. The molecule has 2 fully saturated rings. The first-order chi connectivity index (χ1) is 9.74. The summed E-state index contributed by atoms with van der Waals surface area (Å²) in [7, 11) is 0. The van der Waals surface area contributed by atoms with Crippen LogP contribution in [0.2, 0.25) is 5.02 Å². The third-order valence-corrected chi connectivity index (χ3v) is 5.13. The van der Waals surface area contributed by atoms with E-state index in [1.165, 1.54) is 25.7 Å². The zero-order chi connectivity index (χ0) is 13.7. The Labute approximate surface area is 126 Å². The number of nitrogens with two attached hydrogens (primary N) is 1. The van der Waals surface area contributed by atoms with Crippen molar-refractivity contribution in [2.45, 2.75) is 47.7 Å². The molecule has 1 aromatic carbocycles. The average molecular weight is 307 g/mol. The lowest BCUT2D eigenvalue weighted by molar-refractivity contribution is 0.627. The van der Waals surface area contributed by atoms with Gasteiger partial charge in [-0.25, -0.2) is 0 Å². The second-order valence-corrected chi connectivity index (χ2v) is 6.89. The Morgan fingerprint density at radius 1 is 1.20 bits per heavy atom. The molecule has 1 aromatic heterocycles. The van der Waals surface area contributed by atoms with Gasteiger partial charge in [0.15, 0.2) is 5.16 Å². The van der Waals surface area contributed by atoms with Crippen LogP contribution < -0.4 is 5.73 Å². The molecule has 1 heterocycles. The molecule has 2 aliphatic rings. The Balaban J connectivity index is 1.70. The molecule has 2 N–H and O–H groups in total. The average Bonchev–Trinajstić information content (AvgIpc) is 3.34. The summed E-state index contributed by atoms with van der Waals surface area (Å²) in [6.07, 6.45) is 4.95. The van der Waals surface area contributed by atoms with Crippen molar-refractivity contribution in [3.8, 4) is 0 Å². The predicted molar refractivity (Wildman–Crippen MR) is 80.3 cm³/mol. The van der Waals surface area contributed by atoms with Crippen LogP contribution >= 0.6 is 23.4 Å². The lowest BCUT2D eigenvalue weighted by Crippen LogP contribution is -2.02. The zero-order valence-electron chi connectivity index (χ0n) is 10.9. The van der Waals surface area contributed by atoms with Crippen LogP contribution in [0.15, 0.2) is 28.3 Å².